The zero-order valence-electron chi connectivity index (χ0n) is 14.1. The number of amides is 1. The van der Waals surface area contributed by atoms with Crippen LogP contribution in [0, 0.1) is 12.7 Å². The SMILES string of the molecule is Cc1nc2cc[nH]n2c(=O)c1CC(=O)NC1CCOc2ccc(F)cc21. The van der Waals surface area contributed by atoms with Crippen molar-refractivity contribution in [3.63, 3.8) is 0 Å². The maximum absolute atomic E-state index is 13.6. The third kappa shape index (κ3) is 2.83. The lowest BCUT2D eigenvalue weighted by Gasteiger charge is -2.26. The average Bonchev–Trinajstić information content (AvgIpc) is 3.07. The maximum atomic E-state index is 13.6. The number of nitrogens with zero attached hydrogens (tertiary/aromatic N) is 2. The molecule has 1 aliphatic heterocycles. The van der Waals surface area contributed by atoms with E-state index < -0.39 is 0 Å². The number of H-pyrrole nitrogens is 1. The van der Waals surface area contributed by atoms with Crippen LogP contribution in [0.15, 0.2) is 35.3 Å². The van der Waals surface area contributed by atoms with Crippen molar-refractivity contribution >= 4 is 11.6 Å². The van der Waals surface area contributed by atoms with Gasteiger partial charge in [-0.3, -0.25) is 14.7 Å². The second-order valence-corrected chi connectivity index (χ2v) is 6.25. The Bertz CT molecular complexity index is 1060. The molecular weight excluding hydrogens is 339 g/mol. The molecular formula is C18H17FN4O3. The van der Waals surface area contributed by atoms with Gasteiger partial charge in [0.05, 0.1) is 19.1 Å². The molecule has 1 amide bonds. The van der Waals surface area contributed by atoms with Crippen LogP contribution >= 0.6 is 0 Å². The van der Waals surface area contributed by atoms with Crippen LogP contribution < -0.4 is 15.6 Å². The van der Waals surface area contributed by atoms with Crippen LogP contribution in [-0.2, 0) is 11.2 Å². The van der Waals surface area contributed by atoms with Crippen LogP contribution in [0.4, 0.5) is 4.39 Å². The Labute approximate surface area is 147 Å². The largest absolute Gasteiger partial charge is 0.493 e. The highest BCUT2D eigenvalue weighted by Crippen LogP contribution is 2.32. The smallest absolute Gasteiger partial charge is 0.276 e. The van der Waals surface area contributed by atoms with Crippen LogP contribution in [0.1, 0.15) is 29.3 Å². The molecule has 0 bridgehead atoms. The highest BCUT2D eigenvalue weighted by Gasteiger charge is 2.24. The quantitative estimate of drug-likeness (QED) is 0.747. The number of halogens is 1. The third-order valence-corrected chi connectivity index (χ3v) is 4.53. The predicted octanol–water partition coefficient (Wildman–Crippen LogP) is 1.65. The summed E-state index contributed by atoms with van der Waals surface area (Å²) >= 11 is 0. The Hall–Kier alpha value is -3.16. The summed E-state index contributed by atoms with van der Waals surface area (Å²) in [7, 11) is 0. The lowest BCUT2D eigenvalue weighted by Crippen LogP contribution is -2.35. The van der Waals surface area contributed by atoms with E-state index in [1.165, 1.54) is 16.6 Å². The normalized spacial score (nSPS) is 16.2. The summed E-state index contributed by atoms with van der Waals surface area (Å²) in [4.78, 5) is 29.4. The number of hydrogen-bond acceptors (Lipinski definition) is 4. The minimum Gasteiger partial charge on any atom is -0.493 e. The van der Waals surface area contributed by atoms with Gasteiger partial charge in [-0.2, -0.15) is 0 Å². The summed E-state index contributed by atoms with van der Waals surface area (Å²) in [6, 6.07) is 5.58. The molecule has 1 aliphatic rings. The number of fused-ring (bicyclic) bond motifs is 2. The highest BCUT2D eigenvalue weighted by molar-refractivity contribution is 5.79. The number of rotatable bonds is 3. The van der Waals surface area contributed by atoms with Gasteiger partial charge < -0.3 is 10.1 Å². The molecule has 7 nitrogen and oxygen atoms in total. The van der Waals surface area contributed by atoms with Crippen LogP contribution in [0.3, 0.4) is 0 Å². The van der Waals surface area contributed by atoms with Crippen LogP contribution in [0.5, 0.6) is 5.75 Å². The van der Waals surface area contributed by atoms with Gasteiger partial charge in [-0.15, -0.1) is 0 Å². The van der Waals surface area contributed by atoms with Gasteiger partial charge in [0.15, 0.2) is 5.65 Å². The molecule has 0 aliphatic carbocycles. The van der Waals surface area contributed by atoms with Gasteiger partial charge in [0.1, 0.15) is 11.6 Å². The van der Waals surface area contributed by atoms with E-state index in [-0.39, 0.29) is 29.7 Å². The van der Waals surface area contributed by atoms with E-state index in [0.29, 0.717) is 41.2 Å². The molecule has 0 fully saturated rings. The first-order valence-electron chi connectivity index (χ1n) is 8.30. The molecule has 8 heteroatoms. The molecule has 2 N–H and O–H groups in total. The Morgan fingerprint density at radius 1 is 1.46 bits per heavy atom. The number of carbonyl (C=O) groups excluding carboxylic acids is 1. The van der Waals surface area contributed by atoms with Gasteiger partial charge in [0.25, 0.3) is 5.56 Å². The summed E-state index contributed by atoms with van der Waals surface area (Å²) in [6.07, 6.45) is 2.05. The molecule has 3 aromatic rings. The van der Waals surface area contributed by atoms with Crippen molar-refractivity contribution in [3.8, 4) is 5.75 Å². The van der Waals surface area contributed by atoms with E-state index >= 15 is 0 Å². The number of aromatic amines is 1. The summed E-state index contributed by atoms with van der Waals surface area (Å²) in [6.45, 7) is 2.14. The van der Waals surface area contributed by atoms with Crippen molar-refractivity contribution in [2.45, 2.75) is 25.8 Å². The third-order valence-electron chi connectivity index (χ3n) is 4.53. The molecule has 0 radical (unpaired) electrons. The standard InChI is InChI=1S/C18H17FN4O3/c1-10-12(18(25)23-16(21-10)4-6-20-23)9-17(24)22-14-5-7-26-15-3-2-11(19)8-13(14)15/h2-4,6,8,14,20H,5,7,9H2,1H3,(H,22,24). The van der Waals surface area contributed by atoms with Crippen molar-refractivity contribution < 1.29 is 13.9 Å². The van der Waals surface area contributed by atoms with E-state index in [1.807, 2.05) is 0 Å². The van der Waals surface area contributed by atoms with Crippen molar-refractivity contribution in [2.24, 2.45) is 0 Å². The first-order valence-corrected chi connectivity index (χ1v) is 8.30. The second-order valence-electron chi connectivity index (χ2n) is 6.25. The number of nitrogens with one attached hydrogen (secondary N) is 2. The summed E-state index contributed by atoms with van der Waals surface area (Å²) < 4.78 is 20.4. The molecule has 4 rings (SSSR count). The van der Waals surface area contributed by atoms with Crippen molar-refractivity contribution in [2.75, 3.05) is 6.61 Å². The number of hydrogen-bond donors (Lipinski definition) is 2. The first kappa shape index (κ1) is 16.3. The topological polar surface area (TPSA) is 88.5 Å². The van der Waals surface area contributed by atoms with E-state index in [0.717, 1.165) is 0 Å². The molecule has 0 saturated heterocycles. The zero-order valence-corrected chi connectivity index (χ0v) is 14.1. The van der Waals surface area contributed by atoms with Crippen LogP contribution in [-0.4, -0.2) is 27.1 Å². The Balaban J connectivity index is 1.58. The molecule has 0 saturated carbocycles. The number of aryl methyl sites for hydroxylation is 1. The molecule has 1 unspecified atom stereocenters. The zero-order chi connectivity index (χ0) is 18.3. The highest BCUT2D eigenvalue weighted by atomic mass is 19.1. The van der Waals surface area contributed by atoms with Gasteiger partial charge in [0, 0.05) is 35.5 Å². The van der Waals surface area contributed by atoms with Crippen molar-refractivity contribution in [1.29, 1.82) is 0 Å². The van der Waals surface area contributed by atoms with Gasteiger partial charge in [-0.05, 0) is 25.1 Å². The Morgan fingerprint density at radius 3 is 3.15 bits per heavy atom. The molecule has 2 aromatic heterocycles. The Morgan fingerprint density at radius 2 is 2.31 bits per heavy atom. The minimum atomic E-state index is -0.385. The molecule has 26 heavy (non-hydrogen) atoms. The van der Waals surface area contributed by atoms with Gasteiger partial charge in [0.2, 0.25) is 5.91 Å². The van der Waals surface area contributed by atoms with E-state index in [4.69, 9.17) is 4.74 Å². The van der Waals surface area contributed by atoms with Crippen LogP contribution in [0.25, 0.3) is 5.65 Å². The molecule has 1 atom stereocenters. The minimum absolute atomic E-state index is 0.0956. The van der Waals surface area contributed by atoms with Gasteiger partial charge >= 0.3 is 0 Å². The molecule has 0 spiro atoms. The van der Waals surface area contributed by atoms with Gasteiger partial charge in [-0.25, -0.2) is 13.9 Å². The maximum Gasteiger partial charge on any atom is 0.276 e. The van der Waals surface area contributed by atoms with Crippen LogP contribution in [0.2, 0.25) is 0 Å². The average molecular weight is 356 g/mol. The number of ether oxygens (including phenoxy) is 1. The Kier molecular flexibility index (Phi) is 3.95. The summed E-state index contributed by atoms with van der Waals surface area (Å²) in [5.74, 6) is -0.140. The summed E-state index contributed by atoms with van der Waals surface area (Å²) in [5, 5.41) is 5.66. The fraction of sp³-hybridized carbons (Fsp3) is 0.278. The number of carbonyl (C=O) groups is 1. The second kappa shape index (κ2) is 6.29. The fourth-order valence-corrected chi connectivity index (χ4v) is 3.23. The van der Waals surface area contributed by atoms with E-state index in [2.05, 4.69) is 15.4 Å². The molecule has 134 valence electrons. The lowest BCUT2D eigenvalue weighted by molar-refractivity contribution is -0.121. The number of benzene rings is 1. The predicted molar refractivity (Wildman–Crippen MR) is 91.6 cm³/mol. The van der Waals surface area contributed by atoms with E-state index in [1.54, 1.807) is 25.3 Å². The van der Waals surface area contributed by atoms with Gasteiger partial charge in [-0.1, -0.05) is 0 Å². The summed E-state index contributed by atoms with van der Waals surface area (Å²) in [5.41, 5.74) is 1.66. The first-order chi connectivity index (χ1) is 12.5. The lowest BCUT2D eigenvalue weighted by atomic mass is 10.00. The molecule has 3 heterocycles. The van der Waals surface area contributed by atoms with E-state index in [9.17, 15) is 14.0 Å². The van der Waals surface area contributed by atoms with Crippen molar-refractivity contribution in [1.82, 2.24) is 19.9 Å². The monoisotopic (exact) mass is 356 g/mol. The number of aromatic nitrogens is 3. The molecule has 1 aromatic carbocycles. The van der Waals surface area contributed by atoms with Crippen molar-refractivity contribution in [3.05, 3.63) is 63.5 Å². The fourth-order valence-electron chi connectivity index (χ4n) is 3.23.